The maximum Gasteiger partial charge on any atom is 0.187 e. The van der Waals surface area contributed by atoms with Gasteiger partial charge in [-0.2, -0.15) is 0 Å². The van der Waals surface area contributed by atoms with Crippen LogP contribution in [0.4, 0.5) is 0 Å². The molecule has 1 saturated heterocycles. The molecule has 1 atom stereocenters. The molecule has 0 saturated carbocycles. The fourth-order valence-corrected chi connectivity index (χ4v) is 2.86. The van der Waals surface area contributed by atoms with Gasteiger partial charge in [0.15, 0.2) is 5.90 Å². The van der Waals surface area contributed by atoms with Gasteiger partial charge in [0.1, 0.15) is 11.9 Å². The summed E-state index contributed by atoms with van der Waals surface area (Å²) in [5.41, 5.74) is 1.28. The first kappa shape index (κ1) is 13.4. The summed E-state index contributed by atoms with van der Waals surface area (Å²) in [6.07, 6.45) is 3.41. The quantitative estimate of drug-likeness (QED) is 0.913. The molecule has 1 unspecified atom stereocenters. The van der Waals surface area contributed by atoms with E-state index < -0.39 is 0 Å². The number of methoxy groups -OCH3 is 1. The highest BCUT2D eigenvalue weighted by molar-refractivity contribution is 5.80. The summed E-state index contributed by atoms with van der Waals surface area (Å²) < 4.78 is 11.2. The zero-order valence-electron chi connectivity index (χ0n) is 12.0. The van der Waals surface area contributed by atoms with E-state index in [0.717, 1.165) is 50.5 Å². The zero-order chi connectivity index (χ0) is 13.8. The summed E-state index contributed by atoms with van der Waals surface area (Å²) >= 11 is 0. The van der Waals surface area contributed by atoms with E-state index in [2.05, 4.69) is 22.4 Å². The molecule has 0 radical (unpaired) electrons. The van der Waals surface area contributed by atoms with E-state index >= 15 is 0 Å². The average Bonchev–Trinajstić information content (AvgIpc) is 2.97. The number of aliphatic imine (C=N–C) groups is 1. The van der Waals surface area contributed by atoms with Crippen LogP contribution in [0.2, 0.25) is 0 Å². The third-order valence-electron chi connectivity index (χ3n) is 4.05. The van der Waals surface area contributed by atoms with Crippen molar-refractivity contribution in [2.45, 2.75) is 25.4 Å². The summed E-state index contributed by atoms with van der Waals surface area (Å²) in [7, 11) is 1.69. The molecule has 2 aliphatic rings. The Morgan fingerprint density at radius 1 is 1.25 bits per heavy atom. The van der Waals surface area contributed by atoms with Crippen LogP contribution in [-0.2, 0) is 11.2 Å². The van der Waals surface area contributed by atoms with Gasteiger partial charge in [-0.25, -0.2) is 0 Å². The van der Waals surface area contributed by atoms with Crippen LogP contribution in [0.25, 0.3) is 0 Å². The molecule has 0 spiro atoms. The van der Waals surface area contributed by atoms with Crippen molar-refractivity contribution in [3.05, 3.63) is 29.8 Å². The predicted octanol–water partition coefficient (Wildman–Crippen LogP) is 2.03. The highest BCUT2D eigenvalue weighted by Crippen LogP contribution is 2.22. The molecule has 1 aromatic carbocycles. The van der Waals surface area contributed by atoms with Crippen molar-refractivity contribution in [3.8, 4) is 5.75 Å². The molecule has 2 aliphatic heterocycles. The molecule has 0 aliphatic carbocycles. The third kappa shape index (κ3) is 3.12. The molecule has 4 heteroatoms. The van der Waals surface area contributed by atoms with Gasteiger partial charge in [-0.15, -0.1) is 0 Å². The Balaban J connectivity index is 1.53. The lowest BCUT2D eigenvalue weighted by molar-refractivity contribution is 0.204. The van der Waals surface area contributed by atoms with Gasteiger partial charge in [0.05, 0.1) is 13.7 Å². The molecule has 1 aromatic rings. The van der Waals surface area contributed by atoms with Crippen LogP contribution in [0.3, 0.4) is 0 Å². The molecular weight excluding hydrogens is 252 g/mol. The Kier molecular flexibility index (Phi) is 4.21. The zero-order valence-corrected chi connectivity index (χ0v) is 12.0. The highest BCUT2D eigenvalue weighted by Gasteiger charge is 2.27. The molecule has 1 fully saturated rings. The van der Waals surface area contributed by atoms with Gasteiger partial charge in [-0.05, 0) is 43.6 Å². The Hall–Kier alpha value is -1.55. The smallest absolute Gasteiger partial charge is 0.187 e. The molecule has 20 heavy (non-hydrogen) atoms. The van der Waals surface area contributed by atoms with Crippen LogP contribution in [0.1, 0.15) is 18.4 Å². The molecule has 4 nitrogen and oxygen atoms in total. The number of piperidine rings is 1. The van der Waals surface area contributed by atoms with Crippen molar-refractivity contribution in [1.82, 2.24) is 5.32 Å². The number of hydrogen-bond acceptors (Lipinski definition) is 4. The van der Waals surface area contributed by atoms with E-state index in [0.29, 0.717) is 5.92 Å². The number of nitrogens with zero attached hydrogens (tertiary/aromatic N) is 1. The summed E-state index contributed by atoms with van der Waals surface area (Å²) in [6, 6.07) is 8.20. The summed E-state index contributed by atoms with van der Waals surface area (Å²) in [6.45, 7) is 2.96. The van der Waals surface area contributed by atoms with Gasteiger partial charge in [-0.1, -0.05) is 12.1 Å². The van der Waals surface area contributed by atoms with Gasteiger partial charge in [0.25, 0.3) is 0 Å². The minimum Gasteiger partial charge on any atom is -0.497 e. The van der Waals surface area contributed by atoms with E-state index in [1.807, 2.05) is 12.1 Å². The van der Waals surface area contributed by atoms with E-state index in [1.54, 1.807) is 7.11 Å². The maximum atomic E-state index is 6.05. The second-order valence-corrected chi connectivity index (χ2v) is 5.50. The lowest BCUT2D eigenvalue weighted by Crippen LogP contribution is -2.32. The molecule has 2 heterocycles. The summed E-state index contributed by atoms with van der Waals surface area (Å²) in [5, 5.41) is 3.38. The Morgan fingerprint density at radius 3 is 2.70 bits per heavy atom. The molecular formula is C16H22N2O2. The van der Waals surface area contributed by atoms with Gasteiger partial charge in [0.2, 0.25) is 0 Å². The van der Waals surface area contributed by atoms with Crippen molar-refractivity contribution in [3.63, 3.8) is 0 Å². The number of ether oxygens (including phenoxy) is 2. The predicted molar refractivity (Wildman–Crippen MR) is 79.5 cm³/mol. The fraction of sp³-hybridized carbons (Fsp3) is 0.562. The standard InChI is InChI=1S/C16H22N2O2/c1-19-14-4-2-12(3-5-14)10-15-11-18-16(20-15)13-6-8-17-9-7-13/h2-5,13,15,17H,6-11H2,1H3. The number of rotatable bonds is 4. The Bertz CT molecular complexity index is 464. The Morgan fingerprint density at radius 2 is 2.00 bits per heavy atom. The van der Waals surface area contributed by atoms with Crippen molar-refractivity contribution in [2.75, 3.05) is 26.7 Å². The lowest BCUT2D eigenvalue weighted by Gasteiger charge is -2.23. The molecule has 108 valence electrons. The van der Waals surface area contributed by atoms with Crippen LogP contribution in [-0.4, -0.2) is 38.7 Å². The van der Waals surface area contributed by atoms with Crippen LogP contribution in [0, 0.1) is 5.92 Å². The lowest BCUT2D eigenvalue weighted by atomic mass is 9.98. The fourth-order valence-electron chi connectivity index (χ4n) is 2.86. The monoisotopic (exact) mass is 274 g/mol. The molecule has 0 amide bonds. The van der Waals surface area contributed by atoms with Gasteiger partial charge in [0, 0.05) is 12.3 Å². The maximum absolute atomic E-state index is 6.05. The van der Waals surface area contributed by atoms with Gasteiger partial charge in [-0.3, -0.25) is 4.99 Å². The van der Waals surface area contributed by atoms with Gasteiger partial charge < -0.3 is 14.8 Å². The molecule has 1 N–H and O–H groups in total. The highest BCUT2D eigenvalue weighted by atomic mass is 16.5. The van der Waals surface area contributed by atoms with Crippen molar-refractivity contribution >= 4 is 5.90 Å². The number of hydrogen-bond donors (Lipinski definition) is 1. The van der Waals surface area contributed by atoms with Crippen LogP contribution < -0.4 is 10.1 Å². The van der Waals surface area contributed by atoms with Crippen LogP contribution in [0.5, 0.6) is 5.75 Å². The van der Waals surface area contributed by atoms with E-state index in [4.69, 9.17) is 9.47 Å². The minimum absolute atomic E-state index is 0.202. The van der Waals surface area contributed by atoms with Crippen molar-refractivity contribution < 1.29 is 9.47 Å². The largest absolute Gasteiger partial charge is 0.497 e. The second-order valence-electron chi connectivity index (χ2n) is 5.50. The van der Waals surface area contributed by atoms with Gasteiger partial charge >= 0.3 is 0 Å². The topological polar surface area (TPSA) is 42.8 Å². The van der Waals surface area contributed by atoms with Crippen molar-refractivity contribution in [2.24, 2.45) is 10.9 Å². The normalized spacial score (nSPS) is 23.2. The van der Waals surface area contributed by atoms with E-state index in [1.165, 1.54) is 5.56 Å². The SMILES string of the molecule is COc1ccc(CC2CN=C(C3CCNCC3)O2)cc1. The van der Waals surface area contributed by atoms with E-state index in [-0.39, 0.29) is 6.10 Å². The number of nitrogens with one attached hydrogen (secondary N) is 1. The molecule has 0 aromatic heterocycles. The Labute approximate surface area is 120 Å². The summed E-state index contributed by atoms with van der Waals surface area (Å²) in [4.78, 5) is 4.61. The van der Waals surface area contributed by atoms with E-state index in [9.17, 15) is 0 Å². The summed E-state index contributed by atoms with van der Waals surface area (Å²) in [5.74, 6) is 2.41. The first-order chi connectivity index (χ1) is 9.85. The first-order valence-electron chi connectivity index (χ1n) is 7.40. The molecule has 0 bridgehead atoms. The second kappa shape index (κ2) is 6.27. The first-order valence-corrected chi connectivity index (χ1v) is 7.40. The van der Waals surface area contributed by atoms with Crippen LogP contribution >= 0.6 is 0 Å². The number of benzene rings is 1. The third-order valence-corrected chi connectivity index (χ3v) is 4.05. The van der Waals surface area contributed by atoms with Crippen LogP contribution in [0.15, 0.2) is 29.3 Å². The average molecular weight is 274 g/mol. The molecule has 3 rings (SSSR count). The van der Waals surface area contributed by atoms with Crippen molar-refractivity contribution in [1.29, 1.82) is 0 Å². The minimum atomic E-state index is 0.202.